The normalized spacial score (nSPS) is 26.8. The Hall–Kier alpha value is -2.40. The number of aromatic hydroxyl groups is 1. The van der Waals surface area contributed by atoms with Gasteiger partial charge in [0.2, 0.25) is 0 Å². The second kappa shape index (κ2) is 6.81. The largest absolute Gasteiger partial charge is 0.508 e. The first-order chi connectivity index (χ1) is 13.9. The van der Waals surface area contributed by atoms with Gasteiger partial charge in [-0.3, -0.25) is 10.1 Å². The van der Waals surface area contributed by atoms with Crippen LogP contribution in [0.4, 0.5) is 5.69 Å². The Morgan fingerprint density at radius 1 is 1.10 bits per heavy atom. The van der Waals surface area contributed by atoms with Gasteiger partial charge in [-0.1, -0.05) is 20.8 Å². The smallest absolute Gasteiger partial charge is 0.269 e. The van der Waals surface area contributed by atoms with Crippen LogP contribution >= 0.6 is 0 Å². The van der Waals surface area contributed by atoms with Crippen LogP contribution in [0.2, 0.25) is 0 Å². The number of nitro groups is 1. The number of phenols is 1. The second-order valence-corrected chi connectivity index (χ2v) is 10.6. The van der Waals surface area contributed by atoms with E-state index in [0.717, 1.165) is 42.4 Å². The third-order valence-corrected chi connectivity index (χ3v) is 7.06. The maximum Gasteiger partial charge on any atom is 0.269 e. The number of ether oxygens (including phenoxy) is 1. The van der Waals surface area contributed by atoms with E-state index in [9.17, 15) is 15.2 Å². The van der Waals surface area contributed by atoms with Crippen LogP contribution in [0.25, 0.3) is 0 Å². The Kier molecular flexibility index (Phi) is 4.73. The van der Waals surface area contributed by atoms with Gasteiger partial charge in [-0.15, -0.1) is 0 Å². The number of hydrogen-bond acceptors (Lipinski definition) is 4. The molecular weight excluding hydrogens is 378 g/mol. The van der Waals surface area contributed by atoms with E-state index >= 15 is 0 Å². The SMILES string of the molecule is Cc1cc(O)c2c(c1C)CC1(C)CC(C)(C)CC2(OCc2ccc([N+](=O)[O-])cc2)C1. The lowest BCUT2D eigenvalue weighted by Crippen LogP contribution is -2.51. The maximum atomic E-state index is 11.0. The molecule has 2 aliphatic carbocycles. The fourth-order valence-corrected chi connectivity index (χ4v) is 6.34. The Bertz CT molecular complexity index is 1010. The van der Waals surface area contributed by atoms with Gasteiger partial charge in [-0.05, 0) is 90.8 Å². The zero-order valence-corrected chi connectivity index (χ0v) is 18.5. The van der Waals surface area contributed by atoms with Crippen molar-refractivity contribution < 1.29 is 14.8 Å². The van der Waals surface area contributed by atoms with Crippen LogP contribution in [-0.4, -0.2) is 10.0 Å². The quantitative estimate of drug-likeness (QED) is 0.489. The average Bonchev–Trinajstić information content (AvgIpc) is 2.62. The molecule has 5 nitrogen and oxygen atoms in total. The number of phenolic OH excluding ortho intramolecular Hbond substituents is 1. The number of nitro benzene ring substituents is 1. The molecule has 30 heavy (non-hydrogen) atoms. The minimum Gasteiger partial charge on any atom is -0.508 e. The van der Waals surface area contributed by atoms with Crippen LogP contribution in [0.3, 0.4) is 0 Å². The molecule has 1 N–H and O–H groups in total. The van der Waals surface area contributed by atoms with Gasteiger partial charge in [0.15, 0.2) is 0 Å². The van der Waals surface area contributed by atoms with Gasteiger partial charge < -0.3 is 9.84 Å². The molecule has 2 aromatic carbocycles. The highest BCUT2D eigenvalue weighted by atomic mass is 16.6. The van der Waals surface area contributed by atoms with Crippen molar-refractivity contribution >= 4 is 5.69 Å². The highest BCUT2D eigenvalue weighted by Gasteiger charge is 2.56. The van der Waals surface area contributed by atoms with Crippen molar-refractivity contribution in [3.8, 4) is 5.75 Å². The Morgan fingerprint density at radius 2 is 1.77 bits per heavy atom. The topological polar surface area (TPSA) is 72.6 Å². The van der Waals surface area contributed by atoms with Crippen LogP contribution in [0.15, 0.2) is 30.3 Å². The first-order valence-corrected chi connectivity index (χ1v) is 10.6. The first-order valence-electron chi connectivity index (χ1n) is 10.6. The highest BCUT2D eigenvalue weighted by Crippen LogP contribution is 2.62. The molecule has 5 heteroatoms. The lowest BCUT2D eigenvalue weighted by atomic mass is 9.51. The molecule has 2 atom stereocenters. The van der Waals surface area contributed by atoms with Crippen molar-refractivity contribution in [2.75, 3.05) is 0 Å². The minimum atomic E-state index is -0.561. The van der Waals surface area contributed by atoms with Crippen molar-refractivity contribution in [2.45, 2.75) is 72.5 Å². The van der Waals surface area contributed by atoms with Gasteiger partial charge in [0.05, 0.1) is 17.1 Å². The monoisotopic (exact) mass is 409 g/mol. The summed E-state index contributed by atoms with van der Waals surface area (Å²) >= 11 is 0. The molecule has 0 saturated heterocycles. The lowest BCUT2D eigenvalue weighted by molar-refractivity contribution is -0.384. The molecule has 0 radical (unpaired) electrons. The van der Waals surface area contributed by atoms with Crippen LogP contribution < -0.4 is 0 Å². The third kappa shape index (κ3) is 3.49. The Balaban J connectivity index is 1.77. The summed E-state index contributed by atoms with van der Waals surface area (Å²) in [7, 11) is 0. The molecule has 1 fully saturated rings. The lowest BCUT2D eigenvalue weighted by Gasteiger charge is -2.57. The molecule has 2 bridgehead atoms. The third-order valence-electron chi connectivity index (χ3n) is 7.06. The summed E-state index contributed by atoms with van der Waals surface area (Å²) in [6.45, 7) is 11.5. The fraction of sp³-hybridized carbons (Fsp3) is 0.520. The fourth-order valence-electron chi connectivity index (χ4n) is 6.34. The van der Waals surface area contributed by atoms with E-state index in [2.05, 4.69) is 34.6 Å². The Labute approximate surface area is 178 Å². The molecule has 2 aliphatic rings. The summed E-state index contributed by atoms with van der Waals surface area (Å²) in [6, 6.07) is 8.42. The highest BCUT2D eigenvalue weighted by molar-refractivity contribution is 5.54. The summed E-state index contributed by atoms with van der Waals surface area (Å²) in [5.41, 5.74) is 5.16. The molecule has 2 unspecified atom stereocenters. The van der Waals surface area contributed by atoms with Crippen molar-refractivity contribution in [1.29, 1.82) is 0 Å². The standard InChI is InChI=1S/C25H31NO4/c1-16-10-21(27)22-20(17(16)2)11-24(5)13-23(3,4)14-25(22,15-24)30-12-18-6-8-19(9-7-18)26(28)29/h6-10,27H,11-15H2,1-5H3. The van der Waals surface area contributed by atoms with Crippen LogP contribution in [0, 0.1) is 34.8 Å². The Morgan fingerprint density at radius 3 is 2.40 bits per heavy atom. The predicted octanol–water partition coefficient (Wildman–Crippen LogP) is 6.10. The predicted molar refractivity (Wildman–Crippen MR) is 117 cm³/mol. The van der Waals surface area contributed by atoms with Crippen molar-refractivity contribution in [3.63, 3.8) is 0 Å². The van der Waals surface area contributed by atoms with Gasteiger partial charge in [0, 0.05) is 17.7 Å². The number of nitrogens with zero attached hydrogens (tertiary/aromatic N) is 1. The van der Waals surface area contributed by atoms with Crippen LogP contribution in [0.5, 0.6) is 5.75 Å². The molecule has 0 aromatic heterocycles. The van der Waals surface area contributed by atoms with Gasteiger partial charge in [0.1, 0.15) is 5.75 Å². The number of benzene rings is 2. The van der Waals surface area contributed by atoms with E-state index in [4.69, 9.17) is 4.74 Å². The molecule has 1 saturated carbocycles. The molecule has 0 amide bonds. The second-order valence-electron chi connectivity index (χ2n) is 10.6. The van der Waals surface area contributed by atoms with E-state index in [-0.39, 0.29) is 21.4 Å². The summed E-state index contributed by atoms with van der Waals surface area (Å²) in [4.78, 5) is 10.6. The van der Waals surface area contributed by atoms with Gasteiger partial charge in [-0.2, -0.15) is 0 Å². The summed E-state index contributed by atoms with van der Waals surface area (Å²) in [6.07, 6.45) is 3.79. The maximum absolute atomic E-state index is 11.0. The first kappa shape index (κ1) is 20.9. The van der Waals surface area contributed by atoms with E-state index < -0.39 is 5.60 Å². The number of aryl methyl sites for hydroxylation is 1. The van der Waals surface area contributed by atoms with E-state index in [1.165, 1.54) is 23.3 Å². The van der Waals surface area contributed by atoms with E-state index in [1.807, 2.05) is 6.07 Å². The summed E-state index contributed by atoms with van der Waals surface area (Å²) in [5, 5.41) is 22.0. The van der Waals surface area contributed by atoms with Crippen molar-refractivity contribution in [3.05, 3.63) is 68.3 Å². The van der Waals surface area contributed by atoms with Gasteiger partial charge in [-0.25, -0.2) is 0 Å². The molecule has 2 aromatic rings. The van der Waals surface area contributed by atoms with E-state index in [0.29, 0.717) is 12.4 Å². The summed E-state index contributed by atoms with van der Waals surface area (Å²) in [5.74, 6) is 0.330. The number of non-ortho nitro benzene ring substituents is 1. The molecule has 0 spiro atoms. The molecule has 160 valence electrons. The van der Waals surface area contributed by atoms with Crippen molar-refractivity contribution in [1.82, 2.24) is 0 Å². The van der Waals surface area contributed by atoms with Crippen LogP contribution in [0.1, 0.15) is 67.9 Å². The van der Waals surface area contributed by atoms with Crippen LogP contribution in [-0.2, 0) is 23.4 Å². The zero-order valence-electron chi connectivity index (χ0n) is 18.5. The van der Waals surface area contributed by atoms with E-state index in [1.54, 1.807) is 12.1 Å². The molecule has 4 rings (SSSR count). The molecular formula is C25H31NO4. The van der Waals surface area contributed by atoms with Crippen molar-refractivity contribution in [2.24, 2.45) is 10.8 Å². The molecule has 0 heterocycles. The average molecular weight is 410 g/mol. The zero-order chi connectivity index (χ0) is 21.9. The number of fused-ring (bicyclic) bond motifs is 4. The summed E-state index contributed by atoms with van der Waals surface area (Å²) < 4.78 is 6.70. The molecule has 0 aliphatic heterocycles. The van der Waals surface area contributed by atoms with Gasteiger partial charge in [0.25, 0.3) is 5.69 Å². The minimum absolute atomic E-state index is 0.0787. The number of hydrogen-bond donors (Lipinski definition) is 1. The number of rotatable bonds is 4. The van der Waals surface area contributed by atoms with Gasteiger partial charge >= 0.3 is 0 Å².